The molecule has 6 heteroatoms. The highest BCUT2D eigenvalue weighted by Gasteiger charge is 2.15. The normalized spacial score (nSPS) is 11.2. The largest absolute Gasteiger partial charge is 0.478 e. The van der Waals surface area contributed by atoms with Crippen LogP contribution >= 0.6 is 11.3 Å². The lowest BCUT2D eigenvalue weighted by Crippen LogP contribution is -2.07. The van der Waals surface area contributed by atoms with Crippen molar-refractivity contribution in [3.63, 3.8) is 0 Å². The zero-order valence-corrected chi connectivity index (χ0v) is 18.4. The lowest BCUT2D eigenvalue weighted by molar-refractivity contribution is 0.0697. The average Bonchev–Trinajstić information content (AvgIpc) is 3.22. The molecule has 0 unspecified atom stereocenters. The summed E-state index contributed by atoms with van der Waals surface area (Å²) in [6.07, 6.45) is 8.18. The minimum absolute atomic E-state index is 0.260. The van der Waals surface area contributed by atoms with E-state index in [1.807, 2.05) is 0 Å². The SMILES string of the molecule is CCC/C=C/c1csc(-c2nc(CC)c(CC)c(Nc3ccc(C(=O)O)cc3)n2)c1. The fourth-order valence-electron chi connectivity index (χ4n) is 3.18. The molecular formula is C24H27N3O2S. The Morgan fingerprint density at radius 1 is 1.13 bits per heavy atom. The van der Waals surface area contributed by atoms with Crippen LogP contribution in [0.15, 0.2) is 41.8 Å². The van der Waals surface area contributed by atoms with E-state index < -0.39 is 5.97 Å². The summed E-state index contributed by atoms with van der Waals surface area (Å²) >= 11 is 1.64. The Kier molecular flexibility index (Phi) is 7.36. The highest BCUT2D eigenvalue weighted by molar-refractivity contribution is 7.13. The number of rotatable bonds is 9. The average molecular weight is 422 g/mol. The van der Waals surface area contributed by atoms with Crippen molar-refractivity contribution in [1.82, 2.24) is 9.97 Å². The van der Waals surface area contributed by atoms with Crippen molar-refractivity contribution in [2.24, 2.45) is 0 Å². The Balaban J connectivity index is 1.95. The molecule has 2 heterocycles. The lowest BCUT2D eigenvalue weighted by atomic mass is 10.1. The number of hydrogen-bond donors (Lipinski definition) is 2. The van der Waals surface area contributed by atoms with Crippen LogP contribution in [0.25, 0.3) is 16.8 Å². The molecule has 0 saturated heterocycles. The molecule has 0 aliphatic carbocycles. The van der Waals surface area contributed by atoms with Crippen molar-refractivity contribution in [1.29, 1.82) is 0 Å². The van der Waals surface area contributed by atoms with E-state index in [1.54, 1.807) is 35.6 Å². The lowest BCUT2D eigenvalue weighted by Gasteiger charge is -2.15. The van der Waals surface area contributed by atoms with E-state index in [-0.39, 0.29) is 5.56 Å². The molecule has 2 aromatic heterocycles. The number of nitrogens with one attached hydrogen (secondary N) is 1. The zero-order valence-electron chi connectivity index (χ0n) is 17.6. The smallest absolute Gasteiger partial charge is 0.335 e. The number of unbranched alkanes of at least 4 members (excludes halogenated alkanes) is 1. The Morgan fingerprint density at radius 2 is 1.90 bits per heavy atom. The van der Waals surface area contributed by atoms with Gasteiger partial charge in [0.1, 0.15) is 5.82 Å². The van der Waals surface area contributed by atoms with Gasteiger partial charge in [0.25, 0.3) is 0 Å². The van der Waals surface area contributed by atoms with Gasteiger partial charge in [0.15, 0.2) is 5.82 Å². The number of anilines is 2. The molecule has 0 bridgehead atoms. The molecule has 0 spiro atoms. The van der Waals surface area contributed by atoms with E-state index in [4.69, 9.17) is 15.1 Å². The summed E-state index contributed by atoms with van der Waals surface area (Å²) in [4.78, 5) is 21.8. The van der Waals surface area contributed by atoms with Crippen LogP contribution in [0.2, 0.25) is 0 Å². The molecule has 0 aliphatic rings. The maximum absolute atomic E-state index is 11.1. The monoisotopic (exact) mass is 421 g/mol. The van der Waals surface area contributed by atoms with Gasteiger partial charge in [-0.3, -0.25) is 0 Å². The Labute approximate surface area is 181 Å². The van der Waals surface area contributed by atoms with Gasteiger partial charge in [-0.15, -0.1) is 11.3 Å². The number of thiophene rings is 1. The summed E-state index contributed by atoms with van der Waals surface area (Å²) in [6.45, 7) is 6.37. The van der Waals surface area contributed by atoms with Crippen molar-refractivity contribution >= 4 is 34.9 Å². The number of nitrogens with zero attached hydrogens (tertiary/aromatic N) is 2. The standard InChI is InChI=1S/C24H27N3O2S/c1-4-7-8-9-16-14-21(30-15-16)23-26-20(6-3)19(5-2)22(27-23)25-18-12-10-17(11-13-18)24(28)29/h8-15H,4-7H2,1-3H3,(H,28,29)(H,25,26,27)/b9-8+. The summed E-state index contributed by atoms with van der Waals surface area (Å²) in [6, 6.07) is 8.83. The van der Waals surface area contributed by atoms with Crippen LogP contribution in [0, 0.1) is 0 Å². The molecule has 0 atom stereocenters. The van der Waals surface area contributed by atoms with Crippen molar-refractivity contribution in [2.75, 3.05) is 5.32 Å². The first-order chi connectivity index (χ1) is 14.5. The number of aryl methyl sites for hydroxylation is 1. The van der Waals surface area contributed by atoms with Crippen LogP contribution in [0.1, 0.15) is 60.8 Å². The first kappa shape index (κ1) is 21.7. The maximum Gasteiger partial charge on any atom is 0.335 e. The molecule has 0 radical (unpaired) electrons. The van der Waals surface area contributed by atoms with Gasteiger partial charge in [-0.05, 0) is 60.5 Å². The third kappa shape index (κ3) is 5.13. The molecule has 0 fully saturated rings. The Hall–Kier alpha value is -2.99. The van der Waals surface area contributed by atoms with Crippen molar-refractivity contribution in [3.8, 4) is 10.7 Å². The second kappa shape index (κ2) is 10.2. The first-order valence-corrected chi connectivity index (χ1v) is 11.2. The fraction of sp³-hybridized carbons (Fsp3) is 0.292. The van der Waals surface area contributed by atoms with Crippen molar-refractivity contribution in [3.05, 3.63) is 64.2 Å². The highest BCUT2D eigenvalue weighted by atomic mass is 32.1. The molecule has 0 amide bonds. The van der Waals surface area contributed by atoms with Gasteiger partial charge in [0, 0.05) is 16.9 Å². The van der Waals surface area contributed by atoms with Crippen LogP contribution in [0.3, 0.4) is 0 Å². The summed E-state index contributed by atoms with van der Waals surface area (Å²) in [5.74, 6) is 0.558. The van der Waals surface area contributed by atoms with Crippen molar-refractivity contribution < 1.29 is 9.90 Å². The van der Waals surface area contributed by atoms with Gasteiger partial charge in [-0.1, -0.05) is 39.3 Å². The van der Waals surface area contributed by atoms with Gasteiger partial charge in [0.2, 0.25) is 0 Å². The summed E-state index contributed by atoms with van der Waals surface area (Å²) in [7, 11) is 0. The Morgan fingerprint density at radius 3 is 2.53 bits per heavy atom. The van der Waals surface area contributed by atoms with Gasteiger partial charge >= 0.3 is 5.97 Å². The molecule has 0 aliphatic heterocycles. The number of aromatic carboxylic acids is 1. The van der Waals surface area contributed by atoms with Gasteiger partial charge in [0.05, 0.1) is 10.4 Å². The molecule has 3 aromatic rings. The van der Waals surface area contributed by atoms with Crippen molar-refractivity contribution in [2.45, 2.75) is 46.5 Å². The predicted molar refractivity (Wildman–Crippen MR) is 125 cm³/mol. The number of carbonyl (C=O) groups is 1. The predicted octanol–water partition coefficient (Wildman–Crippen LogP) is 6.59. The van der Waals surface area contributed by atoms with Crippen LogP contribution in [-0.2, 0) is 12.8 Å². The number of hydrogen-bond acceptors (Lipinski definition) is 5. The molecule has 2 N–H and O–H groups in total. The van der Waals surface area contributed by atoms with Crippen LogP contribution in [0.5, 0.6) is 0 Å². The number of carboxylic acid groups (broad SMARTS) is 1. The van der Waals surface area contributed by atoms with E-state index in [0.717, 1.165) is 53.3 Å². The Bertz CT molecular complexity index is 1040. The molecule has 156 valence electrons. The van der Waals surface area contributed by atoms with Gasteiger partial charge in [-0.25, -0.2) is 14.8 Å². The minimum atomic E-state index is -0.935. The van der Waals surface area contributed by atoms with E-state index in [0.29, 0.717) is 5.82 Å². The third-order valence-corrected chi connectivity index (χ3v) is 5.73. The number of carboxylic acids is 1. The van der Waals surface area contributed by atoms with E-state index >= 15 is 0 Å². The molecular weight excluding hydrogens is 394 g/mol. The van der Waals surface area contributed by atoms with Gasteiger partial charge in [-0.2, -0.15) is 0 Å². The fourth-order valence-corrected chi connectivity index (χ4v) is 3.99. The second-order valence-corrected chi connectivity index (χ2v) is 7.88. The quantitative estimate of drug-likeness (QED) is 0.408. The van der Waals surface area contributed by atoms with Crippen LogP contribution in [-0.4, -0.2) is 21.0 Å². The van der Waals surface area contributed by atoms with Crippen LogP contribution in [0.4, 0.5) is 11.5 Å². The molecule has 3 rings (SSSR count). The summed E-state index contributed by atoms with van der Waals surface area (Å²) in [5.41, 5.74) is 4.35. The summed E-state index contributed by atoms with van der Waals surface area (Å²) in [5, 5.41) is 14.6. The molecule has 30 heavy (non-hydrogen) atoms. The molecule has 1 aromatic carbocycles. The first-order valence-electron chi connectivity index (χ1n) is 10.3. The third-order valence-electron chi connectivity index (χ3n) is 4.78. The molecule has 5 nitrogen and oxygen atoms in total. The zero-order chi connectivity index (χ0) is 21.5. The highest BCUT2D eigenvalue weighted by Crippen LogP contribution is 2.30. The topological polar surface area (TPSA) is 75.1 Å². The minimum Gasteiger partial charge on any atom is -0.478 e. The molecule has 0 saturated carbocycles. The second-order valence-electron chi connectivity index (χ2n) is 6.97. The van der Waals surface area contributed by atoms with E-state index in [2.05, 4.69) is 49.7 Å². The van der Waals surface area contributed by atoms with E-state index in [1.165, 1.54) is 5.56 Å². The number of benzene rings is 1. The number of aromatic nitrogens is 2. The van der Waals surface area contributed by atoms with E-state index in [9.17, 15) is 4.79 Å². The van der Waals surface area contributed by atoms with Crippen LogP contribution < -0.4 is 5.32 Å². The van der Waals surface area contributed by atoms with Gasteiger partial charge < -0.3 is 10.4 Å². The number of allylic oxidation sites excluding steroid dienone is 1. The summed E-state index contributed by atoms with van der Waals surface area (Å²) < 4.78 is 0. The maximum atomic E-state index is 11.1.